The van der Waals surface area contributed by atoms with Crippen LogP contribution in [0.15, 0.2) is 12.4 Å². The lowest BCUT2D eigenvalue weighted by Gasteiger charge is -2.34. The van der Waals surface area contributed by atoms with Crippen molar-refractivity contribution in [1.29, 1.82) is 0 Å². The van der Waals surface area contributed by atoms with Crippen molar-refractivity contribution in [2.75, 3.05) is 57.4 Å². The molecule has 2 fully saturated rings. The van der Waals surface area contributed by atoms with Gasteiger partial charge in [-0.25, -0.2) is 9.97 Å². The third-order valence-corrected chi connectivity index (χ3v) is 4.85. The van der Waals surface area contributed by atoms with E-state index in [2.05, 4.69) is 25.1 Å². The summed E-state index contributed by atoms with van der Waals surface area (Å²) in [6.07, 6.45) is 7.41. The van der Waals surface area contributed by atoms with Crippen molar-refractivity contribution in [2.24, 2.45) is 0 Å². The van der Waals surface area contributed by atoms with E-state index in [1.54, 1.807) is 0 Å². The molecule has 0 amide bonds. The van der Waals surface area contributed by atoms with E-state index < -0.39 is 0 Å². The highest BCUT2D eigenvalue weighted by atomic mass is 16.5. The fourth-order valence-corrected chi connectivity index (χ4v) is 3.38. The Morgan fingerprint density at radius 1 is 1.17 bits per heavy atom. The quantitative estimate of drug-likeness (QED) is 0.692. The fraction of sp³-hybridized carbons (Fsp3) is 0.765. The van der Waals surface area contributed by atoms with E-state index in [0.717, 1.165) is 70.4 Å². The summed E-state index contributed by atoms with van der Waals surface area (Å²) in [6, 6.07) is 0.344. The predicted molar refractivity (Wildman–Crippen MR) is 93.1 cm³/mol. The standard InChI is InChI=1S/C17H29N5O2/c23-14-16-3-1-2-5-21(16)6-4-18-11-15-12-19-17(20-13-15)22-7-9-24-10-8-22/h12-13,16,18,23H,1-11,14H2. The van der Waals surface area contributed by atoms with Crippen LogP contribution in [0, 0.1) is 0 Å². The Labute approximate surface area is 144 Å². The summed E-state index contributed by atoms with van der Waals surface area (Å²) in [4.78, 5) is 13.5. The lowest BCUT2D eigenvalue weighted by atomic mass is 10.0. The van der Waals surface area contributed by atoms with Crippen LogP contribution in [0.2, 0.25) is 0 Å². The van der Waals surface area contributed by atoms with E-state index in [9.17, 15) is 5.11 Å². The second kappa shape index (κ2) is 9.27. The van der Waals surface area contributed by atoms with Gasteiger partial charge in [0.05, 0.1) is 19.8 Å². The average molecular weight is 335 g/mol. The number of likely N-dealkylation sites (tertiary alicyclic amines) is 1. The topological polar surface area (TPSA) is 73.8 Å². The summed E-state index contributed by atoms with van der Waals surface area (Å²) in [7, 11) is 0. The number of piperidine rings is 1. The van der Waals surface area contributed by atoms with Crippen molar-refractivity contribution in [3.05, 3.63) is 18.0 Å². The molecule has 0 aliphatic carbocycles. The number of rotatable bonds is 7. The molecule has 0 bridgehead atoms. The minimum atomic E-state index is 0.275. The minimum Gasteiger partial charge on any atom is -0.395 e. The van der Waals surface area contributed by atoms with Gasteiger partial charge in [-0.2, -0.15) is 0 Å². The van der Waals surface area contributed by atoms with E-state index in [0.29, 0.717) is 6.04 Å². The Hall–Kier alpha value is -1.28. The molecular weight excluding hydrogens is 306 g/mol. The van der Waals surface area contributed by atoms with Crippen LogP contribution in [0.1, 0.15) is 24.8 Å². The zero-order valence-electron chi connectivity index (χ0n) is 14.4. The van der Waals surface area contributed by atoms with Gasteiger partial charge >= 0.3 is 0 Å². The summed E-state index contributed by atoms with van der Waals surface area (Å²) in [6.45, 7) is 7.27. The smallest absolute Gasteiger partial charge is 0.225 e. The van der Waals surface area contributed by atoms with E-state index in [-0.39, 0.29) is 6.61 Å². The van der Waals surface area contributed by atoms with Crippen LogP contribution in [0.4, 0.5) is 5.95 Å². The molecule has 3 heterocycles. The van der Waals surface area contributed by atoms with Gasteiger partial charge in [0.25, 0.3) is 0 Å². The molecule has 24 heavy (non-hydrogen) atoms. The maximum absolute atomic E-state index is 9.44. The number of anilines is 1. The maximum atomic E-state index is 9.44. The monoisotopic (exact) mass is 335 g/mol. The van der Waals surface area contributed by atoms with Crippen LogP contribution in [0.5, 0.6) is 0 Å². The molecular formula is C17H29N5O2. The molecule has 1 aromatic heterocycles. The van der Waals surface area contributed by atoms with Crippen molar-refractivity contribution in [3.8, 4) is 0 Å². The first-order valence-electron chi connectivity index (χ1n) is 9.06. The number of hydrogen-bond acceptors (Lipinski definition) is 7. The van der Waals surface area contributed by atoms with Gasteiger partial charge in [0.15, 0.2) is 0 Å². The third kappa shape index (κ3) is 4.86. The maximum Gasteiger partial charge on any atom is 0.225 e. The number of ether oxygens (including phenoxy) is 1. The zero-order chi connectivity index (χ0) is 16.6. The van der Waals surface area contributed by atoms with Gasteiger partial charge in [-0.3, -0.25) is 4.90 Å². The molecule has 2 aliphatic rings. The van der Waals surface area contributed by atoms with Gasteiger partial charge in [0.1, 0.15) is 0 Å². The molecule has 2 aliphatic heterocycles. The number of morpholine rings is 1. The Kier molecular flexibility index (Phi) is 6.77. The van der Waals surface area contributed by atoms with Crippen LogP contribution >= 0.6 is 0 Å². The third-order valence-electron chi connectivity index (χ3n) is 4.85. The highest BCUT2D eigenvalue weighted by Crippen LogP contribution is 2.15. The second-order valence-corrected chi connectivity index (χ2v) is 6.54. The Morgan fingerprint density at radius 3 is 2.71 bits per heavy atom. The van der Waals surface area contributed by atoms with E-state index in [4.69, 9.17) is 4.74 Å². The molecule has 7 nitrogen and oxygen atoms in total. The minimum absolute atomic E-state index is 0.275. The van der Waals surface area contributed by atoms with Gasteiger partial charge in [0, 0.05) is 56.7 Å². The highest BCUT2D eigenvalue weighted by molar-refractivity contribution is 5.30. The molecule has 134 valence electrons. The molecule has 0 radical (unpaired) electrons. The zero-order valence-corrected chi connectivity index (χ0v) is 14.4. The summed E-state index contributed by atoms with van der Waals surface area (Å²) in [5.74, 6) is 0.793. The first-order chi connectivity index (χ1) is 11.9. The number of aliphatic hydroxyl groups is 1. The molecule has 2 saturated heterocycles. The van der Waals surface area contributed by atoms with Gasteiger partial charge in [0.2, 0.25) is 5.95 Å². The Balaban J connectivity index is 1.38. The number of aliphatic hydroxyl groups excluding tert-OH is 1. The van der Waals surface area contributed by atoms with Crippen molar-refractivity contribution < 1.29 is 9.84 Å². The number of nitrogens with one attached hydrogen (secondary N) is 1. The van der Waals surface area contributed by atoms with E-state index >= 15 is 0 Å². The number of aromatic nitrogens is 2. The normalized spacial score (nSPS) is 22.7. The van der Waals surface area contributed by atoms with Crippen molar-refractivity contribution >= 4 is 5.95 Å². The van der Waals surface area contributed by atoms with Gasteiger partial charge in [-0.1, -0.05) is 6.42 Å². The van der Waals surface area contributed by atoms with Crippen LogP contribution in [0.3, 0.4) is 0 Å². The molecule has 2 N–H and O–H groups in total. The predicted octanol–water partition coefficient (Wildman–Crippen LogP) is 0.250. The molecule has 7 heteroatoms. The van der Waals surface area contributed by atoms with Crippen molar-refractivity contribution in [1.82, 2.24) is 20.2 Å². The first-order valence-corrected chi connectivity index (χ1v) is 9.06. The lowest BCUT2D eigenvalue weighted by Crippen LogP contribution is -2.44. The first kappa shape index (κ1) is 17.5. The molecule has 1 unspecified atom stereocenters. The van der Waals surface area contributed by atoms with Gasteiger partial charge in [-0.15, -0.1) is 0 Å². The summed E-state index contributed by atoms with van der Waals surface area (Å²) >= 11 is 0. The number of nitrogens with zero attached hydrogens (tertiary/aromatic N) is 4. The van der Waals surface area contributed by atoms with Crippen LogP contribution in [-0.2, 0) is 11.3 Å². The fourth-order valence-electron chi connectivity index (χ4n) is 3.38. The largest absolute Gasteiger partial charge is 0.395 e. The van der Waals surface area contributed by atoms with Gasteiger partial charge < -0.3 is 20.1 Å². The molecule has 3 rings (SSSR count). The van der Waals surface area contributed by atoms with E-state index in [1.165, 1.54) is 12.8 Å². The Morgan fingerprint density at radius 2 is 1.96 bits per heavy atom. The van der Waals surface area contributed by atoms with Gasteiger partial charge in [-0.05, 0) is 19.4 Å². The molecule has 1 atom stereocenters. The molecule has 0 spiro atoms. The average Bonchev–Trinajstić information content (AvgIpc) is 2.67. The molecule has 1 aromatic rings. The SMILES string of the molecule is OCC1CCCCN1CCNCc1cnc(N2CCOCC2)nc1. The van der Waals surface area contributed by atoms with Crippen molar-refractivity contribution in [3.63, 3.8) is 0 Å². The number of hydrogen-bond donors (Lipinski definition) is 2. The van der Waals surface area contributed by atoms with Crippen LogP contribution in [-0.4, -0.2) is 78.6 Å². The molecule has 0 aromatic carbocycles. The Bertz CT molecular complexity index is 478. The highest BCUT2D eigenvalue weighted by Gasteiger charge is 2.20. The molecule has 0 saturated carbocycles. The van der Waals surface area contributed by atoms with Crippen LogP contribution < -0.4 is 10.2 Å². The lowest BCUT2D eigenvalue weighted by molar-refractivity contribution is 0.0910. The summed E-state index contributed by atoms with van der Waals surface area (Å²) in [5, 5.41) is 12.9. The van der Waals surface area contributed by atoms with E-state index in [1.807, 2.05) is 12.4 Å². The van der Waals surface area contributed by atoms with Crippen molar-refractivity contribution in [2.45, 2.75) is 31.8 Å². The summed E-state index contributed by atoms with van der Waals surface area (Å²) < 4.78 is 5.35. The second-order valence-electron chi connectivity index (χ2n) is 6.54. The summed E-state index contributed by atoms with van der Waals surface area (Å²) in [5.41, 5.74) is 1.10. The van der Waals surface area contributed by atoms with Crippen LogP contribution in [0.25, 0.3) is 0 Å².